The summed E-state index contributed by atoms with van der Waals surface area (Å²) in [6.07, 6.45) is 2.72. The number of carbonyl (C=O) groups excluding carboxylic acids is 1. The van der Waals surface area contributed by atoms with Crippen LogP contribution >= 0.6 is 15.9 Å². The molecule has 2 fully saturated rings. The summed E-state index contributed by atoms with van der Waals surface area (Å²) in [5.41, 5.74) is -0.772. The Morgan fingerprint density at radius 1 is 1.45 bits per heavy atom. The molecule has 0 aromatic rings. The minimum atomic E-state index is -0.465. The minimum absolute atomic E-state index is 0.245. The maximum absolute atomic E-state index is 12.3. The van der Waals surface area contributed by atoms with Crippen molar-refractivity contribution in [2.24, 2.45) is 5.92 Å². The van der Waals surface area contributed by atoms with Crippen molar-refractivity contribution in [3.63, 3.8) is 0 Å². The van der Waals surface area contributed by atoms with Crippen LogP contribution in [0.25, 0.3) is 0 Å². The molecule has 0 N–H and O–H groups in total. The van der Waals surface area contributed by atoms with Crippen molar-refractivity contribution < 1.29 is 19.0 Å². The van der Waals surface area contributed by atoms with E-state index in [0.29, 0.717) is 19.1 Å². The van der Waals surface area contributed by atoms with Gasteiger partial charge in [0.1, 0.15) is 5.60 Å². The van der Waals surface area contributed by atoms with Crippen LogP contribution in [0, 0.1) is 5.92 Å². The topological polar surface area (TPSA) is 48.0 Å². The van der Waals surface area contributed by atoms with Gasteiger partial charge in [0.25, 0.3) is 0 Å². The van der Waals surface area contributed by atoms with E-state index in [1.165, 1.54) is 0 Å². The molecule has 0 aromatic carbocycles. The average molecular weight is 378 g/mol. The van der Waals surface area contributed by atoms with E-state index in [4.69, 9.17) is 14.2 Å². The highest BCUT2D eigenvalue weighted by Gasteiger charge is 2.39. The predicted octanol–water partition coefficient (Wildman–Crippen LogP) is 3.20. The van der Waals surface area contributed by atoms with Crippen molar-refractivity contribution in [1.82, 2.24) is 4.90 Å². The van der Waals surface area contributed by atoms with Crippen molar-refractivity contribution in [2.75, 3.05) is 38.2 Å². The molecule has 0 spiro atoms. The molecule has 0 radical (unpaired) electrons. The number of likely N-dealkylation sites (tertiary alicyclic amines) is 1. The third-order valence-electron chi connectivity index (χ3n) is 4.08. The molecule has 6 heteroatoms. The van der Waals surface area contributed by atoms with Crippen LogP contribution in [0.3, 0.4) is 0 Å². The summed E-state index contributed by atoms with van der Waals surface area (Å²) in [4.78, 5) is 14.1. The third kappa shape index (κ3) is 5.10. The van der Waals surface area contributed by atoms with E-state index in [0.717, 1.165) is 44.4 Å². The molecule has 128 valence electrons. The maximum Gasteiger partial charge on any atom is 0.410 e. The van der Waals surface area contributed by atoms with Gasteiger partial charge in [-0.25, -0.2) is 4.79 Å². The second-order valence-electron chi connectivity index (χ2n) is 7.36. The fourth-order valence-corrected chi connectivity index (χ4v) is 3.47. The Kier molecular flexibility index (Phi) is 6.14. The SMILES string of the molecule is CC(C)(C)OC(=O)N1CCCC(CBr)(OCC2CCOC2)C1. The van der Waals surface area contributed by atoms with Crippen molar-refractivity contribution in [3.05, 3.63) is 0 Å². The second kappa shape index (κ2) is 7.49. The number of hydrogen-bond acceptors (Lipinski definition) is 4. The highest BCUT2D eigenvalue weighted by Crippen LogP contribution is 2.29. The lowest BCUT2D eigenvalue weighted by Gasteiger charge is -2.42. The van der Waals surface area contributed by atoms with Gasteiger partial charge in [-0.05, 0) is 40.0 Å². The monoisotopic (exact) mass is 377 g/mol. The molecule has 2 aliphatic heterocycles. The molecule has 0 saturated carbocycles. The van der Waals surface area contributed by atoms with Gasteiger partial charge in [-0.2, -0.15) is 0 Å². The minimum Gasteiger partial charge on any atom is -0.444 e. The van der Waals surface area contributed by atoms with Gasteiger partial charge >= 0.3 is 6.09 Å². The highest BCUT2D eigenvalue weighted by molar-refractivity contribution is 9.09. The standard InChI is InChI=1S/C16H28BrNO4/c1-15(2,3)22-14(19)18-7-4-6-16(11-17,12-18)21-10-13-5-8-20-9-13/h13H,4-12H2,1-3H3. The third-order valence-corrected chi connectivity index (χ3v) is 5.11. The first-order valence-corrected chi connectivity index (χ1v) is 9.21. The molecule has 0 aliphatic carbocycles. The Morgan fingerprint density at radius 2 is 2.23 bits per heavy atom. The molecule has 5 nitrogen and oxygen atoms in total. The summed E-state index contributed by atoms with van der Waals surface area (Å²) in [5.74, 6) is 0.479. The molecule has 2 heterocycles. The van der Waals surface area contributed by atoms with Gasteiger partial charge < -0.3 is 19.1 Å². The lowest BCUT2D eigenvalue weighted by atomic mass is 9.94. The second-order valence-corrected chi connectivity index (χ2v) is 7.92. The summed E-state index contributed by atoms with van der Waals surface area (Å²) in [6.45, 7) is 9.32. The van der Waals surface area contributed by atoms with Crippen LogP contribution in [0.4, 0.5) is 4.79 Å². The van der Waals surface area contributed by atoms with Gasteiger partial charge in [-0.1, -0.05) is 15.9 Å². The summed E-state index contributed by atoms with van der Waals surface area (Å²) in [5, 5.41) is 0.729. The van der Waals surface area contributed by atoms with E-state index < -0.39 is 5.60 Å². The quantitative estimate of drug-likeness (QED) is 0.705. The summed E-state index contributed by atoms with van der Waals surface area (Å²) in [6, 6.07) is 0. The number of hydrogen-bond donors (Lipinski definition) is 0. The van der Waals surface area contributed by atoms with Gasteiger partial charge in [0, 0.05) is 24.4 Å². The smallest absolute Gasteiger partial charge is 0.410 e. The van der Waals surface area contributed by atoms with Crippen LogP contribution in [-0.4, -0.2) is 60.4 Å². The van der Waals surface area contributed by atoms with Crippen molar-refractivity contribution in [3.8, 4) is 0 Å². The largest absolute Gasteiger partial charge is 0.444 e. The van der Waals surface area contributed by atoms with E-state index in [1.54, 1.807) is 4.90 Å². The molecule has 22 heavy (non-hydrogen) atoms. The number of amides is 1. The van der Waals surface area contributed by atoms with E-state index in [9.17, 15) is 4.79 Å². The lowest BCUT2D eigenvalue weighted by Crippen LogP contribution is -2.54. The number of alkyl halides is 1. The van der Waals surface area contributed by atoms with E-state index in [1.807, 2.05) is 20.8 Å². The molecular weight excluding hydrogens is 350 g/mol. The molecule has 2 saturated heterocycles. The fraction of sp³-hybridized carbons (Fsp3) is 0.938. The Labute approximate surface area is 141 Å². The first-order chi connectivity index (χ1) is 10.3. The van der Waals surface area contributed by atoms with Gasteiger partial charge in [0.2, 0.25) is 0 Å². The Bertz CT molecular complexity index is 379. The van der Waals surface area contributed by atoms with Gasteiger partial charge in [-0.3, -0.25) is 0 Å². The molecule has 2 atom stereocenters. The van der Waals surface area contributed by atoms with Gasteiger partial charge in [0.05, 0.1) is 25.4 Å². The number of piperidine rings is 1. The van der Waals surface area contributed by atoms with Crippen molar-refractivity contribution in [2.45, 2.75) is 51.2 Å². The maximum atomic E-state index is 12.3. The lowest BCUT2D eigenvalue weighted by molar-refractivity contribution is -0.0865. The van der Waals surface area contributed by atoms with Crippen LogP contribution in [0.2, 0.25) is 0 Å². The first-order valence-electron chi connectivity index (χ1n) is 8.09. The number of halogens is 1. The van der Waals surface area contributed by atoms with Crippen LogP contribution in [0.5, 0.6) is 0 Å². The predicted molar refractivity (Wildman–Crippen MR) is 88.4 cm³/mol. The van der Waals surface area contributed by atoms with Crippen LogP contribution < -0.4 is 0 Å². The fourth-order valence-electron chi connectivity index (χ4n) is 2.86. The molecule has 0 bridgehead atoms. The Morgan fingerprint density at radius 3 is 2.82 bits per heavy atom. The number of ether oxygens (including phenoxy) is 3. The summed E-state index contributed by atoms with van der Waals surface area (Å²) >= 11 is 3.58. The normalized spacial score (nSPS) is 29.6. The first kappa shape index (κ1) is 18.0. The van der Waals surface area contributed by atoms with Gasteiger partial charge in [-0.15, -0.1) is 0 Å². The van der Waals surface area contributed by atoms with Crippen LogP contribution in [-0.2, 0) is 14.2 Å². The average Bonchev–Trinajstić information content (AvgIpc) is 2.97. The Balaban J connectivity index is 1.91. The highest BCUT2D eigenvalue weighted by atomic mass is 79.9. The number of rotatable bonds is 4. The molecule has 0 aromatic heterocycles. The molecule has 1 amide bonds. The zero-order valence-electron chi connectivity index (χ0n) is 13.9. The number of carbonyl (C=O) groups is 1. The Hall–Kier alpha value is -0.330. The van der Waals surface area contributed by atoms with Crippen molar-refractivity contribution in [1.29, 1.82) is 0 Å². The molecule has 2 rings (SSSR count). The molecule has 2 aliphatic rings. The van der Waals surface area contributed by atoms with Crippen molar-refractivity contribution >= 4 is 22.0 Å². The van der Waals surface area contributed by atoms with E-state index >= 15 is 0 Å². The van der Waals surface area contributed by atoms with E-state index in [-0.39, 0.29) is 11.7 Å². The van der Waals surface area contributed by atoms with Crippen LogP contribution in [0.15, 0.2) is 0 Å². The molecular formula is C16H28BrNO4. The van der Waals surface area contributed by atoms with Crippen LogP contribution in [0.1, 0.15) is 40.0 Å². The molecule has 2 unspecified atom stereocenters. The number of nitrogens with zero attached hydrogens (tertiary/aromatic N) is 1. The van der Waals surface area contributed by atoms with Gasteiger partial charge in [0.15, 0.2) is 0 Å². The zero-order valence-corrected chi connectivity index (χ0v) is 15.5. The summed E-state index contributed by atoms with van der Waals surface area (Å²) in [7, 11) is 0. The van der Waals surface area contributed by atoms with E-state index in [2.05, 4.69) is 15.9 Å². The zero-order chi connectivity index (χ0) is 16.2. The summed E-state index contributed by atoms with van der Waals surface area (Å²) < 4.78 is 17.1.